The second-order valence-electron chi connectivity index (χ2n) is 11.1. The maximum Gasteiger partial charge on any atom is 0.150 e. The van der Waals surface area contributed by atoms with Gasteiger partial charge in [0, 0.05) is 27.5 Å². The van der Waals surface area contributed by atoms with Crippen molar-refractivity contribution in [3.8, 4) is 22.3 Å². The fraction of sp³-hybridized carbons (Fsp3) is 0.0789. The number of carbonyl (C=O) groups is 1. The lowest BCUT2D eigenvalue weighted by molar-refractivity contribution is 0.112. The lowest BCUT2D eigenvalue weighted by atomic mass is 9.68. The molecule has 5 aromatic carbocycles. The van der Waals surface area contributed by atoms with Crippen LogP contribution >= 0.6 is 0 Å². The van der Waals surface area contributed by atoms with Crippen LogP contribution < -0.4 is 0 Å². The number of H-pyrrole nitrogens is 1. The van der Waals surface area contributed by atoms with Crippen LogP contribution in [0.3, 0.4) is 0 Å². The van der Waals surface area contributed by atoms with E-state index in [1.165, 1.54) is 60.8 Å². The molecule has 40 heavy (non-hydrogen) atoms. The topological polar surface area (TPSA) is 32.9 Å². The summed E-state index contributed by atoms with van der Waals surface area (Å²) in [5.74, 6) is 0. The molecule has 0 unspecified atom stereocenters. The number of nitrogens with one attached hydrogen (secondary N) is 1. The Bertz CT molecular complexity index is 2140. The molecule has 0 saturated carbocycles. The largest absolute Gasteiger partial charge is 0.354 e. The van der Waals surface area contributed by atoms with E-state index in [2.05, 4.69) is 96.0 Å². The second kappa shape index (κ2) is 7.80. The number of carbonyl (C=O) groups excluding carboxylic acids is 1. The number of benzene rings is 5. The van der Waals surface area contributed by atoms with Crippen molar-refractivity contribution >= 4 is 33.7 Å². The van der Waals surface area contributed by atoms with Gasteiger partial charge in [0.05, 0.1) is 16.4 Å². The molecule has 9 rings (SSSR count). The lowest BCUT2D eigenvalue weighted by Gasteiger charge is -2.32. The number of para-hydroxylation sites is 1. The molecule has 1 aromatic heterocycles. The molecule has 0 aliphatic heterocycles. The van der Waals surface area contributed by atoms with Crippen molar-refractivity contribution in [2.45, 2.75) is 18.3 Å². The molecule has 3 aliphatic rings. The van der Waals surface area contributed by atoms with Crippen molar-refractivity contribution in [3.63, 3.8) is 0 Å². The molecular formula is C38H25NO. The summed E-state index contributed by atoms with van der Waals surface area (Å²) in [5.41, 5.74) is 15.6. The first kappa shape index (κ1) is 21.9. The summed E-state index contributed by atoms with van der Waals surface area (Å²) in [6.45, 7) is 0. The van der Waals surface area contributed by atoms with Gasteiger partial charge in [0.2, 0.25) is 0 Å². The zero-order valence-electron chi connectivity index (χ0n) is 21.9. The molecule has 0 amide bonds. The number of aldehydes is 1. The monoisotopic (exact) mass is 511 g/mol. The average Bonchev–Trinajstić information content (AvgIpc) is 3.65. The van der Waals surface area contributed by atoms with E-state index in [4.69, 9.17) is 0 Å². The molecular weight excluding hydrogens is 486 g/mol. The van der Waals surface area contributed by atoms with Crippen LogP contribution in [0.4, 0.5) is 0 Å². The molecule has 1 heterocycles. The minimum absolute atomic E-state index is 0.365. The van der Waals surface area contributed by atoms with Gasteiger partial charge in [0.25, 0.3) is 0 Å². The summed E-state index contributed by atoms with van der Waals surface area (Å²) in [7, 11) is 0. The SMILES string of the molecule is O=Cc1ccccc1-c1cccc2c1[nH]c1c3c(ccc12)-c1ccccc1[C@]31C2=C(CCC=C2)c2ccccc21. The summed E-state index contributed by atoms with van der Waals surface area (Å²) in [5, 5.41) is 2.40. The van der Waals surface area contributed by atoms with E-state index in [9.17, 15) is 4.79 Å². The Morgan fingerprint density at radius 3 is 2.17 bits per heavy atom. The molecule has 1 atom stereocenters. The van der Waals surface area contributed by atoms with E-state index in [0.29, 0.717) is 5.56 Å². The van der Waals surface area contributed by atoms with E-state index >= 15 is 0 Å². The third-order valence-corrected chi connectivity index (χ3v) is 9.41. The van der Waals surface area contributed by atoms with Crippen LogP contribution in [0.2, 0.25) is 0 Å². The Labute approximate surface area is 232 Å². The van der Waals surface area contributed by atoms with Crippen molar-refractivity contribution in [1.82, 2.24) is 4.98 Å². The molecule has 1 N–H and O–H groups in total. The van der Waals surface area contributed by atoms with Crippen LogP contribution in [0.15, 0.2) is 121 Å². The molecule has 0 fully saturated rings. The van der Waals surface area contributed by atoms with Gasteiger partial charge in [0.15, 0.2) is 6.29 Å². The van der Waals surface area contributed by atoms with Crippen LogP contribution in [0.25, 0.3) is 49.6 Å². The highest BCUT2D eigenvalue weighted by atomic mass is 16.1. The highest BCUT2D eigenvalue weighted by Gasteiger charge is 2.53. The molecule has 188 valence electrons. The van der Waals surface area contributed by atoms with Gasteiger partial charge in [-0.25, -0.2) is 0 Å². The number of hydrogen-bond donors (Lipinski definition) is 1. The summed E-state index contributed by atoms with van der Waals surface area (Å²) < 4.78 is 0. The maximum atomic E-state index is 12.0. The molecule has 0 saturated heterocycles. The molecule has 2 heteroatoms. The quantitative estimate of drug-likeness (QED) is 0.231. The summed E-state index contributed by atoms with van der Waals surface area (Å²) >= 11 is 0. The fourth-order valence-corrected chi connectivity index (χ4v) is 7.93. The molecule has 0 radical (unpaired) electrons. The molecule has 1 spiro atoms. The van der Waals surface area contributed by atoms with E-state index < -0.39 is 0 Å². The Morgan fingerprint density at radius 1 is 0.625 bits per heavy atom. The first-order chi connectivity index (χ1) is 19.8. The van der Waals surface area contributed by atoms with Crippen molar-refractivity contribution in [2.75, 3.05) is 0 Å². The summed E-state index contributed by atoms with van der Waals surface area (Å²) in [4.78, 5) is 15.9. The standard InChI is InChI=1S/C38H25NO/c40-22-23-10-1-2-11-24(23)29-15-9-16-30-31-21-20-28-27-14-5-8-19-34(27)38(35(28)37(31)39-36(29)30)32-17-6-3-12-25(32)26-13-4-7-18-33(26)38/h1-3,5-12,14-22,39H,4,13H2/t38-/m0/s1. The van der Waals surface area contributed by atoms with Gasteiger partial charge in [-0.05, 0) is 57.4 Å². The Morgan fingerprint density at radius 2 is 1.32 bits per heavy atom. The van der Waals surface area contributed by atoms with Gasteiger partial charge in [-0.2, -0.15) is 0 Å². The van der Waals surface area contributed by atoms with Crippen LogP contribution in [-0.4, -0.2) is 11.3 Å². The van der Waals surface area contributed by atoms with Gasteiger partial charge in [0.1, 0.15) is 0 Å². The number of aromatic amines is 1. The fourth-order valence-electron chi connectivity index (χ4n) is 7.93. The van der Waals surface area contributed by atoms with Crippen LogP contribution in [-0.2, 0) is 5.41 Å². The number of allylic oxidation sites excluding steroid dienone is 4. The zero-order chi connectivity index (χ0) is 26.4. The summed E-state index contributed by atoms with van der Waals surface area (Å²) in [6.07, 6.45) is 7.86. The molecule has 6 aromatic rings. The van der Waals surface area contributed by atoms with Crippen LogP contribution in [0.5, 0.6) is 0 Å². The number of aromatic nitrogens is 1. The smallest absolute Gasteiger partial charge is 0.150 e. The highest BCUT2D eigenvalue weighted by Crippen LogP contribution is 2.64. The highest BCUT2D eigenvalue weighted by molar-refractivity contribution is 6.16. The molecule has 2 nitrogen and oxygen atoms in total. The second-order valence-corrected chi connectivity index (χ2v) is 11.1. The molecule has 0 bridgehead atoms. The minimum Gasteiger partial charge on any atom is -0.354 e. The number of hydrogen-bond acceptors (Lipinski definition) is 1. The maximum absolute atomic E-state index is 12.0. The summed E-state index contributed by atoms with van der Waals surface area (Å²) in [6, 6.07) is 37.0. The average molecular weight is 512 g/mol. The van der Waals surface area contributed by atoms with Crippen molar-refractivity contribution in [2.24, 2.45) is 0 Å². The third-order valence-electron chi connectivity index (χ3n) is 9.41. The van der Waals surface area contributed by atoms with Crippen molar-refractivity contribution in [1.29, 1.82) is 0 Å². The predicted octanol–water partition coefficient (Wildman–Crippen LogP) is 9.23. The Hall–Kier alpha value is -4.95. The number of fused-ring (bicyclic) bond motifs is 13. The van der Waals surface area contributed by atoms with Gasteiger partial charge in [-0.15, -0.1) is 0 Å². The predicted molar refractivity (Wildman–Crippen MR) is 164 cm³/mol. The van der Waals surface area contributed by atoms with Gasteiger partial charge >= 0.3 is 0 Å². The minimum atomic E-state index is -0.365. The Kier molecular flexibility index (Phi) is 4.28. The van der Waals surface area contributed by atoms with Gasteiger partial charge in [-0.3, -0.25) is 4.79 Å². The van der Waals surface area contributed by atoms with E-state index in [-0.39, 0.29) is 5.41 Å². The van der Waals surface area contributed by atoms with Crippen LogP contribution in [0.1, 0.15) is 45.5 Å². The molecule has 3 aliphatic carbocycles. The lowest BCUT2D eigenvalue weighted by Crippen LogP contribution is -2.27. The van der Waals surface area contributed by atoms with E-state index in [1.54, 1.807) is 0 Å². The van der Waals surface area contributed by atoms with Crippen molar-refractivity contribution in [3.05, 3.63) is 149 Å². The number of rotatable bonds is 2. The first-order valence-electron chi connectivity index (χ1n) is 14.0. The first-order valence-corrected chi connectivity index (χ1v) is 14.0. The van der Waals surface area contributed by atoms with Gasteiger partial charge < -0.3 is 4.98 Å². The van der Waals surface area contributed by atoms with Crippen LogP contribution in [0, 0.1) is 0 Å². The van der Waals surface area contributed by atoms with Gasteiger partial charge in [-0.1, -0.05) is 115 Å². The van der Waals surface area contributed by atoms with E-state index in [1.807, 2.05) is 24.3 Å². The normalized spacial score (nSPS) is 18.3. The third kappa shape index (κ3) is 2.52. The zero-order valence-corrected chi connectivity index (χ0v) is 21.9. The van der Waals surface area contributed by atoms with Crippen molar-refractivity contribution < 1.29 is 4.79 Å². The Balaban J connectivity index is 1.46. The van der Waals surface area contributed by atoms with E-state index in [0.717, 1.165) is 35.8 Å².